The average Bonchev–Trinajstić information content (AvgIpc) is 2.87. The predicted octanol–water partition coefficient (Wildman–Crippen LogP) is 3.20. The van der Waals surface area contributed by atoms with Gasteiger partial charge in [-0.1, -0.05) is 27.7 Å². The van der Waals surface area contributed by atoms with Crippen LogP contribution in [0.15, 0.2) is 12.3 Å². The third-order valence-electron chi connectivity index (χ3n) is 4.23. The normalized spacial score (nSPS) is 19.6. The van der Waals surface area contributed by atoms with Crippen molar-refractivity contribution in [1.82, 2.24) is 10.3 Å². The van der Waals surface area contributed by atoms with Gasteiger partial charge in [-0.2, -0.15) is 0 Å². The fraction of sp³-hybridized carbons (Fsp3) is 0.688. The number of hydrogen-bond acceptors (Lipinski definition) is 3. The summed E-state index contributed by atoms with van der Waals surface area (Å²) in [5, 5.41) is 3.17. The first-order valence-corrected chi connectivity index (χ1v) is 7.52. The average molecular weight is 279 g/mol. The molecule has 0 aliphatic carbocycles. The first-order valence-electron chi connectivity index (χ1n) is 7.52. The van der Waals surface area contributed by atoms with E-state index in [0.717, 1.165) is 26.1 Å². The van der Waals surface area contributed by atoms with E-state index in [2.05, 4.69) is 36.0 Å². The highest BCUT2D eigenvalue weighted by atomic mass is 19.1. The third kappa shape index (κ3) is 3.29. The lowest BCUT2D eigenvalue weighted by Gasteiger charge is -2.27. The summed E-state index contributed by atoms with van der Waals surface area (Å²) in [7, 11) is 0. The smallest absolute Gasteiger partial charge is 0.170 e. The van der Waals surface area contributed by atoms with Crippen molar-refractivity contribution in [2.24, 2.45) is 11.3 Å². The standard InChI is InChI=1S/C16H26FN3/c1-5-18-10-12-6-8-19-15(14(12)17)20-9-7-13(11-20)16(2,3)4/h6,8,13,18H,5,7,9-11H2,1-4H3. The van der Waals surface area contributed by atoms with Crippen molar-refractivity contribution in [1.29, 1.82) is 0 Å². The largest absolute Gasteiger partial charge is 0.354 e. The molecule has 3 nitrogen and oxygen atoms in total. The van der Waals surface area contributed by atoms with Crippen LogP contribution in [-0.4, -0.2) is 24.6 Å². The maximum Gasteiger partial charge on any atom is 0.170 e. The summed E-state index contributed by atoms with van der Waals surface area (Å²) in [5.74, 6) is 0.955. The molecule has 0 spiro atoms. The predicted molar refractivity (Wildman–Crippen MR) is 81.4 cm³/mol. The second-order valence-corrected chi connectivity index (χ2v) is 6.69. The molecule has 2 heterocycles. The minimum atomic E-state index is -0.164. The van der Waals surface area contributed by atoms with Crippen molar-refractivity contribution in [3.8, 4) is 0 Å². The van der Waals surface area contributed by atoms with Crippen LogP contribution in [0.4, 0.5) is 10.2 Å². The molecule has 0 saturated carbocycles. The molecule has 1 aromatic heterocycles. The van der Waals surface area contributed by atoms with Crippen molar-refractivity contribution >= 4 is 5.82 Å². The molecule has 1 aliphatic rings. The first kappa shape index (κ1) is 15.2. The molecule has 1 atom stereocenters. The van der Waals surface area contributed by atoms with E-state index in [-0.39, 0.29) is 11.2 Å². The summed E-state index contributed by atoms with van der Waals surface area (Å²) in [4.78, 5) is 6.37. The second-order valence-electron chi connectivity index (χ2n) is 6.69. The van der Waals surface area contributed by atoms with Gasteiger partial charge in [0.15, 0.2) is 11.6 Å². The molecular weight excluding hydrogens is 253 g/mol. The van der Waals surface area contributed by atoms with Crippen molar-refractivity contribution in [2.75, 3.05) is 24.5 Å². The Labute approximate surface area is 121 Å². The fourth-order valence-electron chi connectivity index (χ4n) is 2.75. The minimum absolute atomic E-state index is 0.164. The van der Waals surface area contributed by atoms with E-state index in [1.165, 1.54) is 0 Å². The number of rotatable bonds is 4. The molecule has 4 heteroatoms. The van der Waals surface area contributed by atoms with E-state index in [1.807, 2.05) is 6.92 Å². The lowest BCUT2D eigenvalue weighted by molar-refractivity contribution is 0.263. The molecule has 2 rings (SSSR count). The highest BCUT2D eigenvalue weighted by molar-refractivity contribution is 5.44. The van der Waals surface area contributed by atoms with Gasteiger partial charge in [-0.15, -0.1) is 0 Å². The molecule has 1 saturated heterocycles. The van der Waals surface area contributed by atoms with Gasteiger partial charge in [0.1, 0.15) is 0 Å². The lowest BCUT2D eigenvalue weighted by atomic mass is 9.80. The molecule has 20 heavy (non-hydrogen) atoms. The molecule has 1 fully saturated rings. The Bertz CT molecular complexity index is 454. The SMILES string of the molecule is CCNCc1ccnc(N2CCC(C(C)(C)C)C2)c1F. The first-order chi connectivity index (χ1) is 9.43. The molecule has 0 amide bonds. The summed E-state index contributed by atoms with van der Waals surface area (Å²) >= 11 is 0. The van der Waals surface area contributed by atoms with Gasteiger partial charge in [0.05, 0.1) is 0 Å². The maximum absolute atomic E-state index is 14.5. The highest BCUT2D eigenvalue weighted by Crippen LogP contribution is 2.35. The monoisotopic (exact) mass is 279 g/mol. The van der Waals surface area contributed by atoms with E-state index in [4.69, 9.17) is 0 Å². The number of pyridine rings is 1. The number of anilines is 1. The number of nitrogens with zero attached hydrogens (tertiary/aromatic N) is 2. The number of hydrogen-bond donors (Lipinski definition) is 1. The number of halogens is 1. The maximum atomic E-state index is 14.5. The molecule has 1 aromatic rings. The quantitative estimate of drug-likeness (QED) is 0.917. The van der Waals surface area contributed by atoms with Gasteiger partial charge in [0.25, 0.3) is 0 Å². The summed E-state index contributed by atoms with van der Waals surface area (Å²) < 4.78 is 14.5. The van der Waals surface area contributed by atoms with E-state index >= 15 is 0 Å². The van der Waals surface area contributed by atoms with E-state index < -0.39 is 0 Å². The number of nitrogens with one attached hydrogen (secondary N) is 1. The Balaban J connectivity index is 2.14. The van der Waals surface area contributed by atoms with Crippen LogP contribution in [0.25, 0.3) is 0 Å². The zero-order valence-corrected chi connectivity index (χ0v) is 13.0. The van der Waals surface area contributed by atoms with Crippen LogP contribution in [0.2, 0.25) is 0 Å². The van der Waals surface area contributed by atoms with Gasteiger partial charge in [0.2, 0.25) is 0 Å². The summed E-state index contributed by atoms with van der Waals surface area (Å²) in [5.41, 5.74) is 0.975. The van der Waals surface area contributed by atoms with Gasteiger partial charge in [-0.25, -0.2) is 9.37 Å². The highest BCUT2D eigenvalue weighted by Gasteiger charge is 2.33. The van der Waals surface area contributed by atoms with Crippen molar-refractivity contribution < 1.29 is 4.39 Å². The summed E-state index contributed by atoms with van der Waals surface area (Å²) in [6.07, 6.45) is 2.83. The molecular formula is C16H26FN3. The van der Waals surface area contributed by atoms with Crippen LogP contribution >= 0.6 is 0 Å². The molecule has 1 N–H and O–H groups in total. The zero-order valence-electron chi connectivity index (χ0n) is 13.0. The molecule has 0 bridgehead atoms. The fourth-order valence-corrected chi connectivity index (χ4v) is 2.75. The molecule has 112 valence electrons. The van der Waals surface area contributed by atoms with Gasteiger partial charge in [-0.3, -0.25) is 0 Å². The molecule has 1 aliphatic heterocycles. The minimum Gasteiger partial charge on any atom is -0.354 e. The topological polar surface area (TPSA) is 28.2 Å². The Morgan fingerprint density at radius 2 is 2.20 bits per heavy atom. The van der Waals surface area contributed by atoms with Gasteiger partial charge in [-0.05, 0) is 30.4 Å². The van der Waals surface area contributed by atoms with Crippen LogP contribution in [0.3, 0.4) is 0 Å². The summed E-state index contributed by atoms with van der Waals surface area (Å²) in [6.45, 7) is 12.0. The lowest BCUT2D eigenvalue weighted by Crippen LogP contribution is -2.27. The van der Waals surface area contributed by atoms with Crippen LogP contribution < -0.4 is 10.2 Å². The second kappa shape index (κ2) is 6.08. The van der Waals surface area contributed by atoms with Gasteiger partial charge in [0, 0.05) is 31.4 Å². The van der Waals surface area contributed by atoms with E-state index in [9.17, 15) is 4.39 Å². The van der Waals surface area contributed by atoms with Crippen LogP contribution in [0.1, 0.15) is 39.7 Å². The molecule has 1 unspecified atom stereocenters. The van der Waals surface area contributed by atoms with Crippen molar-refractivity contribution in [2.45, 2.75) is 40.7 Å². The van der Waals surface area contributed by atoms with Crippen LogP contribution in [-0.2, 0) is 6.54 Å². The van der Waals surface area contributed by atoms with Crippen molar-refractivity contribution in [3.05, 3.63) is 23.6 Å². The Hall–Kier alpha value is -1.16. The van der Waals surface area contributed by atoms with Crippen molar-refractivity contribution in [3.63, 3.8) is 0 Å². The van der Waals surface area contributed by atoms with Crippen LogP contribution in [0, 0.1) is 17.2 Å². The van der Waals surface area contributed by atoms with Crippen LogP contribution in [0.5, 0.6) is 0 Å². The van der Waals surface area contributed by atoms with E-state index in [1.54, 1.807) is 12.3 Å². The Morgan fingerprint density at radius 3 is 2.80 bits per heavy atom. The zero-order chi connectivity index (χ0) is 14.8. The van der Waals surface area contributed by atoms with E-state index in [0.29, 0.717) is 23.8 Å². The third-order valence-corrected chi connectivity index (χ3v) is 4.23. The van der Waals surface area contributed by atoms with Gasteiger partial charge < -0.3 is 10.2 Å². The summed E-state index contributed by atoms with van der Waals surface area (Å²) in [6, 6.07) is 1.76. The number of aromatic nitrogens is 1. The Morgan fingerprint density at radius 1 is 1.45 bits per heavy atom. The Kier molecular flexibility index (Phi) is 4.63. The molecule has 0 radical (unpaired) electrons. The van der Waals surface area contributed by atoms with Gasteiger partial charge >= 0.3 is 0 Å². The molecule has 0 aromatic carbocycles.